The van der Waals surface area contributed by atoms with Crippen molar-refractivity contribution in [1.82, 2.24) is 4.98 Å². The Morgan fingerprint density at radius 2 is 1.60 bits per heavy atom. The van der Waals surface area contributed by atoms with Crippen LogP contribution in [0.5, 0.6) is 0 Å². The molecule has 0 radical (unpaired) electrons. The van der Waals surface area contributed by atoms with Gasteiger partial charge in [0.2, 0.25) is 5.13 Å². The number of hydrogen-bond acceptors (Lipinski definition) is 4. The van der Waals surface area contributed by atoms with Crippen molar-refractivity contribution in [2.24, 2.45) is 5.10 Å². The zero-order chi connectivity index (χ0) is 21.1. The molecule has 30 heavy (non-hydrogen) atoms. The Bertz CT molecular complexity index is 1200. The minimum atomic E-state index is 0.549. The molecule has 150 valence electrons. The summed E-state index contributed by atoms with van der Waals surface area (Å²) in [5.41, 5.74) is 9.33. The Hall–Kier alpha value is -2.66. The van der Waals surface area contributed by atoms with Crippen molar-refractivity contribution in [2.75, 3.05) is 5.43 Å². The number of aromatic nitrogens is 1. The van der Waals surface area contributed by atoms with Crippen molar-refractivity contribution in [2.45, 2.75) is 13.8 Å². The van der Waals surface area contributed by atoms with Crippen LogP contribution in [-0.4, -0.2) is 11.2 Å². The van der Waals surface area contributed by atoms with Crippen molar-refractivity contribution in [3.05, 3.63) is 93.5 Å². The zero-order valence-electron chi connectivity index (χ0n) is 16.5. The summed E-state index contributed by atoms with van der Waals surface area (Å²) in [6.45, 7) is 4.23. The average molecular weight is 452 g/mol. The first kappa shape index (κ1) is 20.6. The summed E-state index contributed by atoms with van der Waals surface area (Å²) in [5, 5.41) is 6.10. The molecule has 0 fully saturated rings. The molecule has 0 amide bonds. The average Bonchev–Trinajstić information content (AvgIpc) is 3.17. The fourth-order valence-electron chi connectivity index (χ4n) is 3.02. The van der Waals surface area contributed by atoms with E-state index >= 15 is 0 Å². The summed E-state index contributed by atoms with van der Waals surface area (Å²) in [6.07, 6.45) is 1.62. The monoisotopic (exact) mass is 451 g/mol. The molecule has 6 heteroatoms. The van der Waals surface area contributed by atoms with E-state index in [0.29, 0.717) is 20.7 Å². The topological polar surface area (TPSA) is 37.3 Å². The Kier molecular flexibility index (Phi) is 6.18. The number of anilines is 1. The number of benzene rings is 3. The van der Waals surface area contributed by atoms with Crippen LogP contribution in [0.2, 0.25) is 10.0 Å². The maximum absolute atomic E-state index is 6.21. The molecule has 0 saturated carbocycles. The lowest BCUT2D eigenvalue weighted by molar-refractivity contribution is 1.28. The van der Waals surface area contributed by atoms with E-state index in [1.165, 1.54) is 11.1 Å². The van der Waals surface area contributed by atoms with Gasteiger partial charge in [-0.15, -0.1) is 0 Å². The summed E-state index contributed by atoms with van der Waals surface area (Å²) < 4.78 is 0. The third-order valence-electron chi connectivity index (χ3n) is 4.80. The predicted molar refractivity (Wildman–Crippen MR) is 130 cm³/mol. The molecule has 4 aromatic rings. The van der Waals surface area contributed by atoms with E-state index in [1.807, 2.05) is 18.2 Å². The first-order valence-corrected chi connectivity index (χ1v) is 11.0. The summed E-state index contributed by atoms with van der Waals surface area (Å²) in [6, 6.07) is 22.0. The highest BCUT2D eigenvalue weighted by molar-refractivity contribution is 7.19. The Balaban J connectivity index is 1.70. The lowest BCUT2D eigenvalue weighted by atomic mass is 10.0. The van der Waals surface area contributed by atoms with Gasteiger partial charge in [0, 0.05) is 11.1 Å². The van der Waals surface area contributed by atoms with Gasteiger partial charge in [-0.2, -0.15) is 5.10 Å². The largest absolute Gasteiger partial charge is 0.253 e. The second kappa shape index (κ2) is 9.00. The Labute approximate surface area is 190 Å². The number of rotatable bonds is 5. The quantitative estimate of drug-likeness (QED) is 0.247. The van der Waals surface area contributed by atoms with E-state index in [2.05, 4.69) is 54.7 Å². The van der Waals surface area contributed by atoms with Gasteiger partial charge < -0.3 is 0 Å². The molecule has 1 N–H and O–H groups in total. The van der Waals surface area contributed by atoms with Gasteiger partial charge >= 0.3 is 0 Å². The van der Waals surface area contributed by atoms with Gasteiger partial charge in [-0.05, 0) is 48.7 Å². The third kappa shape index (κ3) is 4.41. The molecule has 0 spiro atoms. The van der Waals surface area contributed by atoms with Gasteiger partial charge in [-0.3, -0.25) is 5.43 Å². The Morgan fingerprint density at radius 1 is 0.867 bits per heavy atom. The molecule has 1 aromatic heterocycles. The lowest BCUT2D eigenvalue weighted by Crippen LogP contribution is -1.92. The number of nitrogens with one attached hydrogen (secondary N) is 1. The number of nitrogens with zero attached hydrogens (tertiary/aromatic N) is 2. The number of halogens is 2. The number of hydrogen-bond donors (Lipinski definition) is 1. The van der Waals surface area contributed by atoms with E-state index in [1.54, 1.807) is 35.8 Å². The van der Waals surface area contributed by atoms with Crippen LogP contribution >= 0.6 is 34.5 Å². The van der Waals surface area contributed by atoms with Crippen LogP contribution < -0.4 is 5.43 Å². The van der Waals surface area contributed by atoms with E-state index in [4.69, 9.17) is 28.2 Å². The summed E-state index contributed by atoms with van der Waals surface area (Å²) in [4.78, 5) is 5.92. The molecular formula is C24H19Cl2N3S. The van der Waals surface area contributed by atoms with Gasteiger partial charge in [-0.25, -0.2) is 4.98 Å². The normalized spacial score (nSPS) is 11.2. The second-order valence-corrected chi connectivity index (χ2v) is 8.68. The number of aryl methyl sites for hydroxylation is 2. The SMILES string of the molecule is Cc1ccc(-c2nc(N/N=C\c3c(Cl)cccc3Cl)sc2-c2ccccc2)cc1C. The molecule has 0 aliphatic carbocycles. The Morgan fingerprint density at radius 3 is 2.30 bits per heavy atom. The van der Waals surface area contributed by atoms with Crippen molar-refractivity contribution in [1.29, 1.82) is 0 Å². The van der Waals surface area contributed by atoms with E-state index in [-0.39, 0.29) is 0 Å². The van der Waals surface area contributed by atoms with E-state index in [0.717, 1.165) is 21.7 Å². The first-order valence-electron chi connectivity index (χ1n) is 9.40. The fourth-order valence-corrected chi connectivity index (χ4v) is 4.46. The summed E-state index contributed by atoms with van der Waals surface area (Å²) in [5.74, 6) is 0. The minimum absolute atomic E-state index is 0.549. The molecule has 0 aliphatic rings. The molecule has 0 aliphatic heterocycles. The summed E-state index contributed by atoms with van der Waals surface area (Å²) >= 11 is 14.0. The highest BCUT2D eigenvalue weighted by atomic mass is 35.5. The highest BCUT2D eigenvalue weighted by Gasteiger charge is 2.15. The molecule has 0 atom stereocenters. The molecule has 4 rings (SSSR count). The maximum Gasteiger partial charge on any atom is 0.204 e. The number of hydrazone groups is 1. The van der Waals surface area contributed by atoms with Crippen molar-refractivity contribution < 1.29 is 0 Å². The van der Waals surface area contributed by atoms with Crippen molar-refractivity contribution in [3.8, 4) is 21.7 Å². The minimum Gasteiger partial charge on any atom is -0.253 e. The standard InChI is InChI=1S/C24H19Cl2N3S/c1-15-11-12-18(13-16(15)2)22-23(17-7-4-3-5-8-17)30-24(28-22)29-27-14-19-20(25)9-6-10-21(19)26/h3-14H,1-2H3,(H,28,29)/b27-14-. The summed E-state index contributed by atoms with van der Waals surface area (Å²) in [7, 11) is 0. The van der Waals surface area contributed by atoms with Crippen LogP contribution in [0.15, 0.2) is 71.8 Å². The first-order chi connectivity index (χ1) is 14.5. The zero-order valence-corrected chi connectivity index (χ0v) is 18.8. The molecule has 0 unspecified atom stereocenters. The van der Waals surface area contributed by atoms with Crippen molar-refractivity contribution >= 4 is 45.9 Å². The van der Waals surface area contributed by atoms with Crippen LogP contribution in [-0.2, 0) is 0 Å². The van der Waals surface area contributed by atoms with Crippen LogP contribution in [0.4, 0.5) is 5.13 Å². The molecule has 3 aromatic carbocycles. The molecule has 0 saturated heterocycles. The molecular weight excluding hydrogens is 433 g/mol. The van der Waals surface area contributed by atoms with Crippen LogP contribution in [0.25, 0.3) is 21.7 Å². The lowest BCUT2D eigenvalue weighted by Gasteiger charge is -2.05. The van der Waals surface area contributed by atoms with Crippen molar-refractivity contribution in [3.63, 3.8) is 0 Å². The van der Waals surface area contributed by atoms with Gasteiger partial charge in [0.05, 0.1) is 26.8 Å². The smallest absolute Gasteiger partial charge is 0.204 e. The predicted octanol–water partition coefficient (Wildman–Crippen LogP) is 7.85. The van der Waals surface area contributed by atoms with Gasteiger partial charge in [-0.1, -0.05) is 83.1 Å². The molecule has 3 nitrogen and oxygen atoms in total. The highest BCUT2D eigenvalue weighted by Crippen LogP contribution is 2.39. The molecule has 1 heterocycles. The fraction of sp³-hybridized carbons (Fsp3) is 0.0833. The van der Waals surface area contributed by atoms with E-state index < -0.39 is 0 Å². The van der Waals surface area contributed by atoms with Gasteiger partial charge in [0.1, 0.15) is 0 Å². The second-order valence-electron chi connectivity index (χ2n) is 6.87. The van der Waals surface area contributed by atoms with Crippen LogP contribution in [0, 0.1) is 13.8 Å². The van der Waals surface area contributed by atoms with Crippen LogP contribution in [0.3, 0.4) is 0 Å². The van der Waals surface area contributed by atoms with Crippen LogP contribution in [0.1, 0.15) is 16.7 Å². The van der Waals surface area contributed by atoms with Gasteiger partial charge in [0.25, 0.3) is 0 Å². The number of thiazole rings is 1. The maximum atomic E-state index is 6.21. The third-order valence-corrected chi connectivity index (χ3v) is 6.47. The van der Waals surface area contributed by atoms with E-state index in [9.17, 15) is 0 Å². The van der Waals surface area contributed by atoms with Gasteiger partial charge in [0.15, 0.2) is 0 Å². The molecule has 0 bridgehead atoms.